The van der Waals surface area contributed by atoms with Crippen LogP contribution in [0.2, 0.25) is 0 Å². The highest BCUT2D eigenvalue weighted by atomic mass is 16.6. The highest BCUT2D eigenvalue weighted by Gasteiger charge is 2.61. The van der Waals surface area contributed by atoms with Gasteiger partial charge in [0.1, 0.15) is 0 Å². The van der Waals surface area contributed by atoms with Crippen molar-refractivity contribution in [3.8, 4) is 0 Å². The van der Waals surface area contributed by atoms with Crippen molar-refractivity contribution < 1.29 is 39.3 Å². The molecule has 0 aliphatic heterocycles. The van der Waals surface area contributed by atoms with Gasteiger partial charge in [-0.25, -0.2) is 5.48 Å². The van der Waals surface area contributed by atoms with Gasteiger partial charge >= 0.3 is 17.9 Å². The molecule has 1 amide bonds. The lowest BCUT2D eigenvalue weighted by Gasteiger charge is -2.48. The van der Waals surface area contributed by atoms with Gasteiger partial charge in [0, 0.05) is 11.8 Å². The summed E-state index contributed by atoms with van der Waals surface area (Å²) in [4.78, 5) is 52.9. The van der Waals surface area contributed by atoms with Crippen molar-refractivity contribution in [3.05, 3.63) is 48.0 Å². The average molecular weight is 389 g/mol. The zero-order chi connectivity index (χ0) is 20.4. The summed E-state index contributed by atoms with van der Waals surface area (Å²) in [5.74, 6) is -12.5. The first-order chi connectivity index (χ1) is 13.3. The van der Waals surface area contributed by atoms with Crippen molar-refractivity contribution in [2.45, 2.75) is 6.61 Å². The molecule has 4 rings (SSSR count). The molecule has 0 aromatic heterocycles. The second kappa shape index (κ2) is 7.81. The molecule has 0 heterocycles. The molecule has 148 valence electrons. The van der Waals surface area contributed by atoms with Crippen LogP contribution in [0, 0.1) is 35.5 Å². The lowest BCUT2D eigenvalue weighted by Crippen LogP contribution is -2.59. The van der Waals surface area contributed by atoms with Crippen molar-refractivity contribution in [2.24, 2.45) is 35.5 Å². The minimum atomic E-state index is -1.41. The Bertz CT molecular complexity index is 820. The molecule has 28 heavy (non-hydrogen) atoms. The Balaban J connectivity index is 1.81. The number of amides is 1. The van der Waals surface area contributed by atoms with E-state index in [1.165, 1.54) is 12.2 Å². The third-order valence-corrected chi connectivity index (χ3v) is 5.40. The number of nitrogens with one attached hydrogen (secondary N) is 1. The first-order valence-corrected chi connectivity index (χ1v) is 8.65. The van der Waals surface area contributed by atoms with Gasteiger partial charge in [-0.05, 0) is 5.56 Å². The largest absolute Gasteiger partial charge is 0.481 e. The number of carbonyl (C=O) groups is 4. The molecule has 0 radical (unpaired) electrons. The molecule has 2 bridgehead atoms. The van der Waals surface area contributed by atoms with Crippen molar-refractivity contribution in [1.82, 2.24) is 5.48 Å². The van der Waals surface area contributed by atoms with E-state index in [0.29, 0.717) is 0 Å². The maximum Gasteiger partial charge on any atom is 0.308 e. The Hall–Kier alpha value is -3.20. The first-order valence-electron chi connectivity index (χ1n) is 8.65. The SMILES string of the molecule is O=C(O)C1C2C=CC(C1C(=O)O)C(C(=O)NOCc1ccccc1)C2C(=O)O. The number of carboxylic acids is 3. The smallest absolute Gasteiger partial charge is 0.308 e. The van der Waals surface area contributed by atoms with Crippen LogP contribution in [0.5, 0.6) is 0 Å². The number of fused-ring (bicyclic) bond motifs is 2. The standard InChI is InChI=1S/C19H19NO8/c21-16(20-28-8-9-4-2-1-3-5-9)12-10-6-7-11(13(12)17(22)23)15(19(26)27)14(10)18(24)25/h1-7,10-15H,8H2,(H,20,21)(H,22,23)(H,24,25)(H,26,27). The fourth-order valence-corrected chi connectivity index (χ4v) is 4.27. The summed E-state index contributed by atoms with van der Waals surface area (Å²) in [5, 5.41) is 28.6. The van der Waals surface area contributed by atoms with Crippen molar-refractivity contribution in [2.75, 3.05) is 0 Å². The molecule has 1 fully saturated rings. The zero-order valence-electron chi connectivity index (χ0n) is 14.6. The number of carbonyl (C=O) groups excluding carboxylic acids is 1. The van der Waals surface area contributed by atoms with E-state index in [1.54, 1.807) is 24.3 Å². The van der Waals surface area contributed by atoms with E-state index < -0.39 is 59.3 Å². The minimum absolute atomic E-state index is 0.0427. The van der Waals surface area contributed by atoms with Crippen LogP contribution in [0.1, 0.15) is 5.56 Å². The topological polar surface area (TPSA) is 150 Å². The molecule has 6 unspecified atom stereocenters. The lowest BCUT2D eigenvalue weighted by molar-refractivity contribution is -0.176. The van der Waals surface area contributed by atoms with E-state index in [9.17, 15) is 34.5 Å². The van der Waals surface area contributed by atoms with Crippen LogP contribution in [-0.4, -0.2) is 39.1 Å². The van der Waals surface area contributed by atoms with Crippen LogP contribution >= 0.6 is 0 Å². The number of hydroxylamine groups is 1. The van der Waals surface area contributed by atoms with E-state index in [0.717, 1.165) is 5.56 Å². The fourth-order valence-electron chi connectivity index (χ4n) is 4.27. The summed E-state index contributed by atoms with van der Waals surface area (Å²) in [6, 6.07) is 8.94. The van der Waals surface area contributed by atoms with Crippen LogP contribution < -0.4 is 5.48 Å². The lowest BCUT2D eigenvalue weighted by atomic mass is 9.53. The summed E-state index contributed by atoms with van der Waals surface area (Å²) in [5.41, 5.74) is 2.97. The van der Waals surface area contributed by atoms with Crippen LogP contribution in [0.15, 0.2) is 42.5 Å². The summed E-state index contributed by atoms with van der Waals surface area (Å²) in [7, 11) is 0. The predicted molar refractivity (Wildman–Crippen MR) is 92.4 cm³/mol. The van der Waals surface area contributed by atoms with E-state index in [4.69, 9.17) is 4.84 Å². The molecule has 1 aromatic rings. The molecule has 3 aliphatic rings. The highest BCUT2D eigenvalue weighted by Crippen LogP contribution is 2.51. The summed E-state index contributed by atoms with van der Waals surface area (Å²) in [6.07, 6.45) is 2.83. The molecular formula is C19H19NO8. The van der Waals surface area contributed by atoms with Crippen molar-refractivity contribution in [3.63, 3.8) is 0 Å². The molecule has 0 spiro atoms. The highest BCUT2D eigenvalue weighted by molar-refractivity contribution is 5.90. The number of allylic oxidation sites excluding steroid dienone is 2. The number of benzene rings is 1. The normalized spacial score (nSPS) is 30.6. The Morgan fingerprint density at radius 2 is 1.25 bits per heavy atom. The molecule has 1 aromatic carbocycles. The zero-order valence-corrected chi connectivity index (χ0v) is 14.6. The molecule has 9 nitrogen and oxygen atoms in total. The van der Waals surface area contributed by atoms with E-state index in [2.05, 4.69) is 5.48 Å². The van der Waals surface area contributed by atoms with Gasteiger partial charge in [-0.15, -0.1) is 0 Å². The van der Waals surface area contributed by atoms with Gasteiger partial charge in [0.05, 0.1) is 30.3 Å². The molecule has 3 aliphatic carbocycles. The van der Waals surface area contributed by atoms with E-state index >= 15 is 0 Å². The van der Waals surface area contributed by atoms with Crippen molar-refractivity contribution >= 4 is 23.8 Å². The Labute approximate surface area is 159 Å². The Kier molecular flexibility index (Phi) is 5.46. The minimum Gasteiger partial charge on any atom is -0.481 e. The van der Waals surface area contributed by atoms with Crippen LogP contribution in [-0.2, 0) is 30.6 Å². The number of hydrogen-bond acceptors (Lipinski definition) is 5. The van der Waals surface area contributed by atoms with Crippen molar-refractivity contribution in [1.29, 1.82) is 0 Å². The summed E-state index contributed by atoms with van der Waals surface area (Å²) < 4.78 is 0. The van der Waals surface area contributed by atoms with Crippen LogP contribution in [0.25, 0.3) is 0 Å². The van der Waals surface area contributed by atoms with Gasteiger partial charge in [-0.2, -0.15) is 0 Å². The third-order valence-electron chi connectivity index (χ3n) is 5.40. The van der Waals surface area contributed by atoms with Gasteiger partial charge in [0.25, 0.3) is 0 Å². The quantitative estimate of drug-likeness (QED) is 0.394. The monoisotopic (exact) mass is 389 g/mol. The third kappa shape index (κ3) is 3.48. The van der Waals surface area contributed by atoms with Gasteiger partial charge in [-0.3, -0.25) is 24.0 Å². The van der Waals surface area contributed by atoms with Crippen LogP contribution in [0.4, 0.5) is 0 Å². The van der Waals surface area contributed by atoms with E-state index in [1.807, 2.05) is 6.07 Å². The van der Waals surface area contributed by atoms with Gasteiger partial charge in [0.2, 0.25) is 5.91 Å². The fraction of sp³-hybridized carbons (Fsp3) is 0.368. The number of aliphatic carboxylic acids is 3. The van der Waals surface area contributed by atoms with Crippen LogP contribution in [0.3, 0.4) is 0 Å². The molecule has 9 heteroatoms. The molecular weight excluding hydrogens is 370 g/mol. The van der Waals surface area contributed by atoms with E-state index in [-0.39, 0.29) is 6.61 Å². The maximum absolute atomic E-state index is 12.7. The second-order valence-corrected chi connectivity index (χ2v) is 6.90. The van der Waals surface area contributed by atoms with Gasteiger partial charge in [-0.1, -0.05) is 42.5 Å². The average Bonchev–Trinajstić information content (AvgIpc) is 2.67. The second-order valence-electron chi connectivity index (χ2n) is 6.90. The molecule has 0 saturated heterocycles. The molecule has 6 atom stereocenters. The Morgan fingerprint density at radius 1 is 0.786 bits per heavy atom. The molecule has 4 N–H and O–H groups in total. The molecule has 1 saturated carbocycles. The Morgan fingerprint density at radius 3 is 1.75 bits per heavy atom. The maximum atomic E-state index is 12.7. The first kappa shape index (κ1) is 19.6. The number of rotatable bonds is 7. The van der Waals surface area contributed by atoms with Gasteiger partial charge < -0.3 is 15.3 Å². The predicted octanol–water partition coefficient (Wildman–Crippen LogP) is 0.769. The number of carboxylic acid groups (broad SMARTS) is 3. The summed E-state index contributed by atoms with van der Waals surface area (Å²) >= 11 is 0. The number of hydrogen-bond donors (Lipinski definition) is 4. The van der Waals surface area contributed by atoms with Gasteiger partial charge in [0.15, 0.2) is 0 Å². The summed E-state index contributed by atoms with van der Waals surface area (Å²) in [6.45, 7) is 0.0427.